The lowest BCUT2D eigenvalue weighted by atomic mass is 10.1. The van der Waals surface area contributed by atoms with Crippen molar-refractivity contribution in [2.75, 3.05) is 50.0 Å². The molecule has 0 spiro atoms. The highest BCUT2D eigenvalue weighted by molar-refractivity contribution is 7.92. The molecule has 1 aliphatic heterocycles. The van der Waals surface area contributed by atoms with Crippen LogP contribution in [-0.4, -0.2) is 60.8 Å². The number of nitrogens with one attached hydrogen (secondary N) is 3. The molecule has 3 rings (SSSR count). The number of carbonyl (C=O) groups excluding carboxylic acids is 1. The van der Waals surface area contributed by atoms with Gasteiger partial charge in [0.2, 0.25) is 0 Å². The van der Waals surface area contributed by atoms with Crippen LogP contribution in [0.1, 0.15) is 30.6 Å². The van der Waals surface area contributed by atoms with Gasteiger partial charge in [0, 0.05) is 49.7 Å². The van der Waals surface area contributed by atoms with E-state index >= 15 is 0 Å². The van der Waals surface area contributed by atoms with Crippen molar-refractivity contribution in [1.29, 1.82) is 0 Å². The molecule has 33 heavy (non-hydrogen) atoms. The van der Waals surface area contributed by atoms with E-state index in [1.165, 1.54) is 26.4 Å². The molecule has 1 atom stereocenters. The van der Waals surface area contributed by atoms with Crippen molar-refractivity contribution in [3.05, 3.63) is 42.0 Å². The van der Waals surface area contributed by atoms with E-state index in [0.29, 0.717) is 11.3 Å². The monoisotopic (exact) mass is 476 g/mol. The number of ether oxygens (including phenoxy) is 2. The number of benzene rings is 2. The van der Waals surface area contributed by atoms with Crippen LogP contribution in [-0.2, 0) is 10.0 Å². The average molecular weight is 477 g/mol. The SMILES string of the molecule is CC[C@@H](C)NC(=O)c1cc(NS(=O)(=O)c2cc(OC)ccc2OC)ccc1N1CCNCC1. The van der Waals surface area contributed by atoms with Crippen LogP contribution in [0.15, 0.2) is 41.3 Å². The Morgan fingerprint density at radius 1 is 1.12 bits per heavy atom. The summed E-state index contributed by atoms with van der Waals surface area (Å²) in [5.41, 5.74) is 1.49. The first-order valence-electron chi connectivity index (χ1n) is 10.9. The van der Waals surface area contributed by atoms with Crippen LogP contribution < -0.4 is 29.7 Å². The molecule has 180 valence electrons. The number of anilines is 2. The molecule has 0 unspecified atom stereocenters. The second-order valence-electron chi connectivity index (χ2n) is 7.87. The summed E-state index contributed by atoms with van der Waals surface area (Å²) in [6, 6.07) is 9.59. The van der Waals surface area contributed by atoms with Crippen molar-refractivity contribution < 1.29 is 22.7 Å². The molecule has 1 fully saturated rings. The number of hydrogen-bond donors (Lipinski definition) is 3. The maximum absolute atomic E-state index is 13.2. The molecule has 0 saturated carbocycles. The van der Waals surface area contributed by atoms with E-state index in [0.717, 1.165) is 38.3 Å². The summed E-state index contributed by atoms with van der Waals surface area (Å²) in [6.07, 6.45) is 0.788. The summed E-state index contributed by atoms with van der Waals surface area (Å²) in [5.74, 6) is 0.340. The number of carbonyl (C=O) groups is 1. The molecule has 10 heteroatoms. The molecular formula is C23H32N4O5S. The highest BCUT2D eigenvalue weighted by Crippen LogP contribution is 2.31. The molecule has 1 saturated heterocycles. The van der Waals surface area contributed by atoms with Gasteiger partial charge in [-0.05, 0) is 43.7 Å². The maximum Gasteiger partial charge on any atom is 0.265 e. The Morgan fingerprint density at radius 2 is 1.85 bits per heavy atom. The lowest BCUT2D eigenvalue weighted by molar-refractivity contribution is 0.0939. The van der Waals surface area contributed by atoms with E-state index in [4.69, 9.17) is 9.47 Å². The van der Waals surface area contributed by atoms with Crippen LogP contribution in [0, 0.1) is 0 Å². The normalized spacial score (nSPS) is 15.0. The van der Waals surface area contributed by atoms with E-state index in [2.05, 4.69) is 20.3 Å². The summed E-state index contributed by atoms with van der Waals surface area (Å²) in [4.78, 5) is 15.2. The Bertz CT molecular complexity index is 1080. The molecule has 9 nitrogen and oxygen atoms in total. The van der Waals surface area contributed by atoms with Gasteiger partial charge in [-0.1, -0.05) is 6.92 Å². The van der Waals surface area contributed by atoms with E-state index in [1.54, 1.807) is 24.3 Å². The fraction of sp³-hybridized carbons (Fsp3) is 0.435. The molecule has 0 aromatic heterocycles. The molecule has 1 heterocycles. The van der Waals surface area contributed by atoms with Crippen molar-refractivity contribution in [2.45, 2.75) is 31.2 Å². The first-order valence-corrected chi connectivity index (χ1v) is 12.4. The van der Waals surface area contributed by atoms with Gasteiger partial charge < -0.3 is 25.0 Å². The minimum atomic E-state index is -4.01. The van der Waals surface area contributed by atoms with E-state index < -0.39 is 10.0 Å². The van der Waals surface area contributed by atoms with Gasteiger partial charge in [0.1, 0.15) is 16.4 Å². The van der Waals surface area contributed by atoms with Gasteiger partial charge in [-0.2, -0.15) is 0 Å². The second kappa shape index (κ2) is 10.8. The highest BCUT2D eigenvalue weighted by Gasteiger charge is 2.24. The molecule has 0 bridgehead atoms. The van der Waals surface area contributed by atoms with Crippen LogP contribution in [0.4, 0.5) is 11.4 Å². The number of amides is 1. The fourth-order valence-electron chi connectivity index (χ4n) is 3.57. The number of sulfonamides is 1. The van der Waals surface area contributed by atoms with Gasteiger partial charge in [-0.15, -0.1) is 0 Å². The molecule has 2 aromatic rings. The van der Waals surface area contributed by atoms with E-state index in [9.17, 15) is 13.2 Å². The van der Waals surface area contributed by atoms with Gasteiger partial charge in [-0.3, -0.25) is 9.52 Å². The third-order valence-corrected chi connectivity index (χ3v) is 7.00. The summed E-state index contributed by atoms with van der Waals surface area (Å²) < 4.78 is 39.3. The third kappa shape index (κ3) is 5.88. The first kappa shape index (κ1) is 24.7. The molecule has 2 aromatic carbocycles. The smallest absolute Gasteiger partial charge is 0.265 e. The molecular weight excluding hydrogens is 444 g/mol. The highest BCUT2D eigenvalue weighted by atomic mass is 32.2. The van der Waals surface area contributed by atoms with Crippen molar-refractivity contribution >= 4 is 27.3 Å². The summed E-state index contributed by atoms with van der Waals surface area (Å²) in [6.45, 7) is 7.08. The zero-order valence-electron chi connectivity index (χ0n) is 19.5. The minimum Gasteiger partial charge on any atom is -0.497 e. The zero-order valence-corrected chi connectivity index (χ0v) is 20.3. The standard InChI is InChI=1S/C23H32N4O5S/c1-5-16(2)25-23(28)19-14-17(6-8-20(19)27-12-10-24-11-13-27)26-33(29,30)22-15-18(31-3)7-9-21(22)32-4/h6-9,14-16,24,26H,5,10-13H2,1-4H3,(H,25,28)/t16-/m1/s1. The fourth-order valence-corrected chi connectivity index (χ4v) is 4.81. The molecule has 0 aliphatic carbocycles. The van der Waals surface area contributed by atoms with Crippen molar-refractivity contribution in [3.8, 4) is 11.5 Å². The van der Waals surface area contributed by atoms with Gasteiger partial charge >= 0.3 is 0 Å². The molecule has 3 N–H and O–H groups in total. The topological polar surface area (TPSA) is 109 Å². The Hall–Kier alpha value is -2.98. The first-order chi connectivity index (χ1) is 15.8. The number of nitrogens with zero attached hydrogens (tertiary/aromatic N) is 1. The summed E-state index contributed by atoms with van der Waals surface area (Å²) in [5, 5.41) is 6.28. The molecule has 1 aliphatic rings. The summed E-state index contributed by atoms with van der Waals surface area (Å²) in [7, 11) is -1.14. The maximum atomic E-state index is 13.2. The Balaban J connectivity index is 1.98. The van der Waals surface area contributed by atoms with Crippen molar-refractivity contribution in [1.82, 2.24) is 10.6 Å². The van der Waals surface area contributed by atoms with Gasteiger partial charge in [-0.25, -0.2) is 8.42 Å². The number of rotatable bonds is 9. The van der Waals surface area contributed by atoms with Crippen LogP contribution in [0.3, 0.4) is 0 Å². The van der Waals surface area contributed by atoms with Crippen LogP contribution in [0.2, 0.25) is 0 Å². The Labute approximate surface area is 195 Å². The van der Waals surface area contributed by atoms with Gasteiger partial charge in [0.15, 0.2) is 0 Å². The number of methoxy groups -OCH3 is 2. The minimum absolute atomic E-state index is 0.00485. The average Bonchev–Trinajstić information content (AvgIpc) is 2.83. The summed E-state index contributed by atoms with van der Waals surface area (Å²) >= 11 is 0. The predicted molar refractivity (Wildman–Crippen MR) is 129 cm³/mol. The van der Waals surface area contributed by atoms with Crippen LogP contribution in [0.25, 0.3) is 0 Å². The van der Waals surface area contributed by atoms with Crippen molar-refractivity contribution in [3.63, 3.8) is 0 Å². The van der Waals surface area contributed by atoms with Gasteiger partial charge in [0.25, 0.3) is 15.9 Å². The zero-order chi connectivity index (χ0) is 24.0. The lowest BCUT2D eigenvalue weighted by Gasteiger charge is -2.31. The lowest BCUT2D eigenvalue weighted by Crippen LogP contribution is -2.44. The van der Waals surface area contributed by atoms with Crippen molar-refractivity contribution in [2.24, 2.45) is 0 Å². The van der Waals surface area contributed by atoms with Crippen LogP contribution in [0.5, 0.6) is 11.5 Å². The predicted octanol–water partition coefficient (Wildman–Crippen LogP) is 2.44. The molecule has 1 amide bonds. The largest absolute Gasteiger partial charge is 0.497 e. The number of hydrogen-bond acceptors (Lipinski definition) is 7. The second-order valence-corrected chi connectivity index (χ2v) is 9.52. The van der Waals surface area contributed by atoms with Crippen LogP contribution >= 0.6 is 0 Å². The Kier molecular flexibility index (Phi) is 8.04. The number of piperazine rings is 1. The van der Waals surface area contributed by atoms with E-state index in [1.807, 2.05) is 13.8 Å². The quantitative estimate of drug-likeness (QED) is 0.510. The molecule has 0 radical (unpaired) electrons. The Morgan fingerprint density at radius 3 is 2.48 bits per heavy atom. The third-order valence-electron chi connectivity index (χ3n) is 5.60. The van der Waals surface area contributed by atoms with E-state index in [-0.39, 0.29) is 28.3 Å². The van der Waals surface area contributed by atoms with Gasteiger partial charge in [0.05, 0.1) is 19.8 Å².